The maximum absolute atomic E-state index is 12.7. The van der Waals surface area contributed by atoms with E-state index in [1.807, 2.05) is 0 Å². The molecule has 2 N–H and O–H groups in total. The van der Waals surface area contributed by atoms with Crippen LogP contribution < -0.4 is 0 Å². The molecule has 22 heavy (non-hydrogen) atoms. The molecule has 0 spiro atoms. The molecule has 1 amide bonds. The van der Waals surface area contributed by atoms with Crippen molar-refractivity contribution < 1.29 is 27.9 Å². The zero-order valence-electron chi connectivity index (χ0n) is 11.1. The lowest BCUT2D eigenvalue weighted by Gasteiger charge is -2.33. The molecule has 3 rings (SSSR count). The number of aliphatic carboxylic acids is 1. The molecule has 0 fully saturated rings. The summed E-state index contributed by atoms with van der Waals surface area (Å²) in [6.07, 6.45) is -5.26. The number of carboxylic acids is 1. The van der Waals surface area contributed by atoms with Crippen molar-refractivity contribution in [1.29, 1.82) is 0 Å². The number of aromatic nitrogens is 1. The highest BCUT2D eigenvalue weighted by molar-refractivity contribution is 5.90. The Morgan fingerprint density at radius 1 is 1.27 bits per heavy atom. The van der Waals surface area contributed by atoms with Crippen LogP contribution in [0.4, 0.5) is 13.2 Å². The van der Waals surface area contributed by atoms with Crippen molar-refractivity contribution in [2.45, 2.75) is 25.2 Å². The number of carbonyl (C=O) groups is 2. The Morgan fingerprint density at radius 3 is 2.59 bits per heavy atom. The molecule has 116 valence electrons. The number of carbonyl (C=O) groups excluding carboxylic acids is 1. The lowest BCUT2D eigenvalue weighted by Crippen LogP contribution is -2.52. The Labute approximate surface area is 122 Å². The van der Waals surface area contributed by atoms with Gasteiger partial charge in [-0.25, -0.2) is 4.79 Å². The molecular formula is C14H11F3N2O3. The molecule has 1 aliphatic heterocycles. The van der Waals surface area contributed by atoms with Gasteiger partial charge < -0.3 is 15.0 Å². The van der Waals surface area contributed by atoms with Crippen LogP contribution in [0.15, 0.2) is 24.3 Å². The molecule has 2 aromatic rings. The van der Waals surface area contributed by atoms with Gasteiger partial charge in [0.25, 0.3) is 0 Å². The predicted molar refractivity (Wildman–Crippen MR) is 70.0 cm³/mol. The maximum Gasteiger partial charge on any atom is 0.471 e. The zero-order valence-corrected chi connectivity index (χ0v) is 11.1. The minimum absolute atomic E-state index is 0.156. The van der Waals surface area contributed by atoms with Gasteiger partial charge in [-0.2, -0.15) is 13.2 Å². The van der Waals surface area contributed by atoms with E-state index < -0.39 is 30.6 Å². The molecule has 0 saturated carbocycles. The van der Waals surface area contributed by atoms with Gasteiger partial charge in [-0.15, -0.1) is 0 Å². The van der Waals surface area contributed by atoms with Crippen LogP contribution in [-0.4, -0.2) is 39.1 Å². The average Bonchev–Trinajstić information content (AvgIpc) is 2.81. The smallest absolute Gasteiger partial charge is 0.471 e. The van der Waals surface area contributed by atoms with Crippen molar-refractivity contribution in [3.63, 3.8) is 0 Å². The molecule has 1 atom stereocenters. The lowest BCUT2D eigenvalue weighted by atomic mass is 9.96. The second-order valence-electron chi connectivity index (χ2n) is 5.12. The molecule has 5 nitrogen and oxygen atoms in total. The number of para-hydroxylation sites is 1. The highest BCUT2D eigenvalue weighted by Crippen LogP contribution is 2.32. The van der Waals surface area contributed by atoms with Gasteiger partial charge in [0, 0.05) is 23.0 Å². The first-order chi connectivity index (χ1) is 10.3. The summed E-state index contributed by atoms with van der Waals surface area (Å²) in [5.74, 6) is -3.59. The predicted octanol–water partition coefficient (Wildman–Crippen LogP) is 2.07. The Hall–Kier alpha value is -2.51. The Kier molecular flexibility index (Phi) is 3.12. The minimum atomic E-state index is -5.10. The van der Waals surface area contributed by atoms with Crippen molar-refractivity contribution >= 4 is 22.8 Å². The summed E-state index contributed by atoms with van der Waals surface area (Å²) in [7, 11) is 0. The molecule has 1 aromatic heterocycles. The standard InChI is InChI=1S/C14H11F3N2O3/c15-14(16,17)13(22)19-6-10-8(5-11(19)12(20)21)7-3-1-2-4-9(7)18-10/h1-4,11,18H,5-6H2,(H,20,21)/t11-/m1/s1. The summed E-state index contributed by atoms with van der Waals surface area (Å²) in [5.41, 5.74) is 1.79. The number of fused-ring (bicyclic) bond motifs is 3. The van der Waals surface area contributed by atoms with Gasteiger partial charge >= 0.3 is 18.1 Å². The first kappa shape index (κ1) is 14.4. The highest BCUT2D eigenvalue weighted by atomic mass is 19.4. The van der Waals surface area contributed by atoms with E-state index in [9.17, 15) is 27.9 Å². The monoisotopic (exact) mass is 312 g/mol. The second-order valence-corrected chi connectivity index (χ2v) is 5.12. The van der Waals surface area contributed by atoms with E-state index in [2.05, 4.69) is 4.98 Å². The molecule has 1 aromatic carbocycles. The lowest BCUT2D eigenvalue weighted by molar-refractivity contribution is -0.191. The molecule has 2 heterocycles. The number of nitrogens with one attached hydrogen (secondary N) is 1. The molecule has 8 heteroatoms. The third kappa shape index (κ3) is 2.20. The van der Waals surface area contributed by atoms with Gasteiger partial charge in [0.1, 0.15) is 6.04 Å². The number of aromatic amines is 1. The van der Waals surface area contributed by atoms with E-state index in [0.29, 0.717) is 21.7 Å². The third-order valence-electron chi connectivity index (χ3n) is 3.79. The fraction of sp³-hybridized carbons (Fsp3) is 0.286. The SMILES string of the molecule is O=C(O)[C@H]1Cc2c([nH]c3ccccc23)CN1C(=O)C(F)(F)F. The van der Waals surface area contributed by atoms with Gasteiger partial charge in [0.15, 0.2) is 0 Å². The summed E-state index contributed by atoms with van der Waals surface area (Å²) in [4.78, 5) is 26.1. The number of hydrogen-bond acceptors (Lipinski definition) is 2. The van der Waals surface area contributed by atoms with Crippen LogP contribution in [0.25, 0.3) is 10.9 Å². The summed E-state index contributed by atoms with van der Waals surface area (Å²) < 4.78 is 38.0. The minimum Gasteiger partial charge on any atom is -0.480 e. The number of nitrogens with zero attached hydrogens (tertiary/aromatic N) is 1. The maximum atomic E-state index is 12.7. The number of benzene rings is 1. The van der Waals surface area contributed by atoms with Crippen molar-refractivity contribution in [3.8, 4) is 0 Å². The van der Waals surface area contributed by atoms with E-state index in [1.54, 1.807) is 24.3 Å². The second kappa shape index (κ2) is 4.75. The van der Waals surface area contributed by atoms with Crippen LogP contribution in [0.1, 0.15) is 11.3 Å². The normalized spacial score (nSPS) is 18.3. The number of alkyl halides is 3. The zero-order chi connectivity index (χ0) is 16.1. The fourth-order valence-electron chi connectivity index (χ4n) is 2.80. The first-order valence-electron chi connectivity index (χ1n) is 6.48. The van der Waals surface area contributed by atoms with Crippen molar-refractivity contribution in [3.05, 3.63) is 35.5 Å². The highest BCUT2D eigenvalue weighted by Gasteiger charge is 2.48. The summed E-state index contributed by atoms with van der Waals surface area (Å²) in [6.45, 7) is -0.403. The van der Waals surface area contributed by atoms with E-state index in [1.165, 1.54) is 0 Å². The van der Waals surface area contributed by atoms with E-state index >= 15 is 0 Å². The van der Waals surface area contributed by atoms with E-state index in [-0.39, 0.29) is 6.42 Å². The molecule has 0 unspecified atom stereocenters. The number of hydrogen-bond donors (Lipinski definition) is 2. The number of rotatable bonds is 1. The van der Waals surface area contributed by atoms with Crippen LogP contribution in [0.5, 0.6) is 0 Å². The Morgan fingerprint density at radius 2 is 1.95 bits per heavy atom. The van der Waals surface area contributed by atoms with Crippen LogP contribution in [-0.2, 0) is 22.6 Å². The van der Waals surface area contributed by atoms with E-state index in [0.717, 1.165) is 5.39 Å². The fourth-order valence-corrected chi connectivity index (χ4v) is 2.80. The molecule has 0 saturated heterocycles. The van der Waals surface area contributed by atoms with Crippen LogP contribution in [0.3, 0.4) is 0 Å². The van der Waals surface area contributed by atoms with Gasteiger partial charge in [-0.1, -0.05) is 18.2 Å². The summed E-state index contributed by atoms with van der Waals surface area (Å²) >= 11 is 0. The quantitative estimate of drug-likeness (QED) is 0.846. The first-order valence-corrected chi connectivity index (χ1v) is 6.48. The molecular weight excluding hydrogens is 301 g/mol. The number of halogens is 3. The third-order valence-corrected chi connectivity index (χ3v) is 3.79. The van der Waals surface area contributed by atoms with Crippen molar-refractivity contribution in [1.82, 2.24) is 9.88 Å². The Balaban J connectivity index is 2.07. The average molecular weight is 312 g/mol. The van der Waals surface area contributed by atoms with Gasteiger partial charge in [0.2, 0.25) is 0 Å². The molecule has 0 aliphatic carbocycles. The van der Waals surface area contributed by atoms with Crippen LogP contribution >= 0.6 is 0 Å². The molecule has 1 aliphatic rings. The number of carboxylic acid groups (broad SMARTS) is 1. The Bertz CT molecular complexity index is 766. The number of H-pyrrole nitrogens is 1. The number of amides is 1. The topological polar surface area (TPSA) is 73.4 Å². The largest absolute Gasteiger partial charge is 0.480 e. The van der Waals surface area contributed by atoms with E-state index in [4.69, 9.17) is 0 Å². The van der Waals surface area contributed by atoms with Crippen LogP contribution in [0, 0.1) is 0 Å². The summed E-state index contributed by atoms with van der Waals surface area (Å²) in [5, 5.41) is 9.95. The molecule has 0 radical (unpaired) electrons. The van der Waals surface area contributed by atoms with Gasteiger partial charge in [-0.05, 0) is 11.6 Å². The van der Waals surface area contributed by atoms with Gasteiger partial charge in [0.05, 0.1) is 6.54 Å². The van der Waals surface area contributed by atoms with Crippen molar-refractivity contribution in [2.24, 2.45) is 0 Å². The molecule has 0 bridgehead atoms. The van der Waals surface area contributed by atoms with Gasteiger partial charge in [-0.3, -0.25) is 4.79 Å². The van der Waals surface area contributed by atoms with Crippen molar-refractivity contribution in [2.75, 3.05) is 0 Å². The van der Waals surface area contributed by atoms with Crippen LogP contribution in [0.2, 0.25) is 0 Å². The summed E-state index contributed by atoms with van der Waals surface area (Å²) in [6, 6.07) is 5.52.